The molecule has 2 N–H and O–H groups in total. The highest BCUT2D eigenvalue weighted by molar-refractivity contribution is 7.90. The van der Waals surface area contributed by atoms with Crippen molar-refractivity contribution < 1.29 is 27.1 Å². The van der Waals surface area contributed by atoms with E-state index >= 15 is 0 Å². The monoisotopic (exact) mass is 593 g/mol. The number of nitrogens with one attached hydrogen (secondary N) is 2. The first kappa shape index (κ1) is 35.5. The second-order valence-electron chi connectivity index (χ2n) is 9.93. The number of halogens is 1. The quantitative estimate of drug-likeness (QED) is 0.206. The number of aromatic nitrogens is 2. The van der Waals surface area contributed by atoms with Gasteiger partial charge in [0.15, 0.2) is 0 Å². The molecule has 1 heterocycles. The number of hydrogen-bond donors (Lipinski definition) is 2. The van der Waals surface area contributed by atoms with Gasteiger partial charge in [-0.3, -0.25) is 4.79 Å². The maximum Gasteiger partial charge on any atom is 0.410 e. The van der Waals surface area contributed by atoms with Gasteiger partial charge in [0, 0.05) is 39.1 Å². The third-order valence-electron chi connectivity index (χ3n) is 5.40. The van der Waals surface area contributed by atoms with Gasteiger partial charge in [-0.1, -0.05) is 39.3 Å². The van der Waals surface area contributed by atoms with Crippen LogP contribution in [0.3, 0.4) is 0 Å². The summed E-state index contributed by atoms with van der Waals surface area (Å²) in [6.45, 7) is 12.7. The smallest absolute Gasteiger partial charge is 0.410 e. The Balaban J connectivity index is 0.00000411. The van der Waals surface area contributed by atoms with Gasteiger partial charge < -0.3 is 20.3 Å². The summed E-state index contributed by atoms with van der Waals surface area (Å²) in [5.41, 5.74) is 0.327. The van der Waals surface area contributed by atoms with E-state index in [4.69, 9.17) is 4.74 Å². The maximum atomic E-state index is 13.7. The second-order valence-corrected chi connectivity index (χ2v) is 11.8. The Kier molecular flexibility index (Phi) is 14.4. The average Bonchev–Trinajstić information content (AvgIpc) is 2.92. The first-order chi connectivity index (χ1) is 19.3. The molecule has 0 unspecified atom stereocenters. The SMILES string of the molecule is CC.CCCCN(CCCN/C(=C(\C(=O)NC)c1ccc(F)cc1)c1ccnc(S(C)(=O)=O)n1)C(=O)OC(C)(C)C. The van der Waals surface area contributed by atoms with Gasteiger partial charge in [-0.15, -0.1) is 0 Å². The Morgan fingerprint density at radius 3 is 2.20 bits per heavy atom. The Morgan fingerprint density at radius 2 is 1.66 bits per heavy atom. The highest BCUT2D eigenvalue weighted by Crippen LogP contribution is 2.25. The van der Waals surface area contributed by atoms with Crippen LogP contribution in [-0.4, -0.2) is 73.8 Å². The van der Waals surface area contributed by atoms with E-state index in [9.17, 15) is 22.4 Å². The molecule has 12 heteroatoms. The minimum Gasteiger partial charge on any atom is -0.444 e. The number of unbranched alkanes of at least 4 members (excludes halogenated alkanes) is 1. The van der Waals surface area contributed by atoms with E-state index in [0.717, 1.165) is 19.1 Å². The van der Waals surface area contributed by atoms with Crippen LogP contribution in [-0.2, 0) is 19.4 Å². The number of sulfone groups is 1. The summed E-state index contributed by atoms with van der Waals surface area (Å²) in [5.74, 6) is -0.956. The van der Waals surface area contributed by atoms with Crippen molar-refractivity contribution >= 4 is 33.1 Å². The standard InChI is InChI=1S/C27H38FN5O5S.C2H6/c1-7-8-17-33(26(35)38-27(2,3)4)18-9-15-30-23(21-14-16-31-25(32-21)39(6,36)37)22(24(34)29-5)19-10-12-20(28)13-11-19;1-2/h10-14,16,30H,7-9,15,17-18H2,1-6H3,(H,29,34);1-2H3/b23-22-;. The van der Waals surface area contributed by atoms with Crippen LogP contribution >= 0.6 is 0 Å². The lowest BCUT2D eigenvalue weighted by molar-refractivity contribution is -0.115. The van der Waals surface area contributed by atoms with Gasteiger partial charge in [-0.25, -0.2) is 27.6 Å². The molecule has 228 valence electrons. The molecule has 0 fully saturated rings. The van der Waals surface area contributed by atoms with E-state index in [1.54, 1.807) is 4.90 Å². The predicted molar refractivity (Wildman–Crippen MR) is 159 cm³/mol. The normalized spacial score (nSPS) is 11.9. The van der Waals surface area contributed by atoms with Crippen LogP contribution in [0.15, 0.2) is 41.7 Å². The van der Waals surface area contributed by atoms with Gasteiger partial charge in [0.05, 0.1) is 17.0 Å². The Morgan fingerprint density at radius 1 is 1.05 bits per heavy atom. The largest absolute Gasteiger partial charge is 0.444 e. The molecule has 0 aliphatic rings. The minimum absolute atomic E-state index is 0.144. The molecule has 1 aromatic heterocycles. The molecule has 0 saturated heterocycles. The topological polar surface area (TPSA) is 131 Å². The molecule has 0 radical (unpaired) electrons. The van der Waals surface area contributed by atoms with Crippen molar-refractivity contribution in [1.82, 2.24) is 25.5 Å². The first-order valence-corrected chi connectivity index (χ1v) is 15.6. The number of carbonyl (C=O) groups is 2. The van der Waals surface area contributed by atoms with E-state index in [0.29, 0.717) is 31.6 Å². The number of rotatable bonds is 12. The van der Waals surface area contributed by atoms with Gasteiger partial charge in [0.2, 0.25) is 15.0 Å². The molecule has 0 atom stereocenters. The summed E-state index contributed by atoms with van der Waals surface area (Å²) < 4.78 is 43.5. The van der Waals surface area contributed by atoms with Gasteiger partial charge in [-0.05, 0) is 57.4 Å². The molecule has 2 rings (SSSR count). The summed E-state index contributed by atoms with van der Waals surface area (Å²) in [5, 5.41) is 5.39. The summed E-state index contributed by atoms with van der Waals surface area (Å²) in [4.78, 5) is 35.4. The molecule has 10 nitrogen and oxygen atoms in total. The van der Waals surface area contributed by atoms with Crippen molar-refractivity contribution in [2.75, 3.05) is 32.9 Å². The second kappa shape index (κ2) is 16.7. The van der Waals surface area contributed by atoms with Crippen molar-refractivity contribution in [1.29, 1.82) is 0 Å². The van der Waals surface area contributed by atoms with Crippen molar-refractivity contribution in [3.63, 3.8) is 0 Å². The maximum absolute atomic E-state index is 13.7. The number of nitrogens with zero attached hydrogens (tertiary/aromatic N) is 3. The molecular formula is C29H44FN5O5S. The lowest BCUT2D eigenvalue weighted by Gasteiger charge is -2.27. The fourth-order valence-electron chi connectivity index (χ4n) is 3.55. The third-order valence-corrected chi connectivity index (χ3v) is 6.26. The summed E-state index contributed by atoms with van der Waals surface area (Å²) in [7, 11) is -2.28. The van der Waals surface area contributed by atoms with Gasteiger partial charge in [-0.2, -0.15) is 0 Å². The van der Waals surface area contributed by atoms with Crippen molar-refractivity contribution in [3.8, 4) is 0 Å². The van der Waals surface area contributed by atoms with Crippen LogP contribution in [0.5, 0.6) is 0 Å². The van der Waals surface area contributed by atoms with E-state index in [1.807, 2.05) is 41.5 Å². The van der Waals surface area contributed by atoms with Crippen LogP contribution < -0.4 is 10.6 Å². The minimum atomic E-state index is -3.73. The zero-order valence-corrected chi connectivity index (χ0v) is 26.2. The van der Waals surface area contributed by atoms with Crippen LogP contribution in [0.4, 0.5) is 9.18 Å². The zero-order chi connectivity index (χ0) is 31.2. The van der Waals surface area contributed by atoms with E-state index < -0.39 is 38.4 Å². The molecular weight excluding hydrogens is 549 g/mol. The van der Waals surface area contributed by atoms with Gasteiger partial charge in [0.25, 0.3) is 5.91 Å². The molecule has 2 amide bonds. The molecule has 0 aliphatic carbocycles. The summed E-state index contributed by atoms with van der Waals surface area (Å²) in [6, 6.07) is 6.84. The Bertz CT molecular complexity index is 1280. The third kappa shape index (κ3) is 11.8. The molecule has 41 heavy (non-hydrogen) atoms. The number of amides is 2. The van der Waals surface area contributed by atoms with Crippen molar-refractivity contribution in [2.24, 2.45) is 0 Å². The first-order valence-electron chi connectivity index (χ1n) is 13.7. The lowest BCUT2D eigenvalue weighted by Crippen LogP contribution is -2.38. The zero-order valence-electron chi connectivity index (χ0n) is 25.4. The number of ether oxygens (including phenoxy) is 1. The number of likely N-dealkylation sites (N-methyl/N-ethyl adjacent to an activating group) is 1. The molecule has 0 spiro atoms. The summed E-state index contributed by atoms with van der Waals surface area (Å²) >= 11 is 0. The van der Waals surface area contributed by atoms with Crippen LogP contribution in [0.1, 0.15) is 72.1 Å². The molecule has 0 aliphatic heterocycles. The Hall–Kier alpha value is -3.54. The van der Waals surface area contributed by atoms with E-state index in [2.05, 4.69) is 20.6 Å². The van der Waals surface area contributed by atoms with Crippen molar-refractivity contribution in [2.45, 2.75) is 71.6 Å². The highest BCUT2D eigenvalue weighted by atomic mass is 32.2. The van der Waals surface area contributed by atoms with Crippen LogP contribution in [0.25, 0.3) is 11.3 Å². The number of carbonyl (C=O) groups excluding carboxylic acids is 2. The van der Waals surface area contributed by atoms with Gasteiger partial charge >= 0.3 is 6.09 Å². The fourth-order valence-corrected chi connectivity index (χ4v) is 4.07. The number of benzene rings is 1. The number of hydrogen-bond acceptors (Lipinski definition) is 8. The molecule has 0 bridgehead atoms. The fraction of sp³-hybridized carbons (Fsp3) is 0.517. The highest BCUT2D eigenvalue weighted by Gasteiger charge is 2.23. The van der Waals surface area contributed by atoms with E-state index in [-0.39, 0.29) is 17.0 Å². The Labute approximate surface area is 243 Å². The molecule has 1 aromatic carbocycles. The lowest BCUT2D eigenvalue weighted by atomic mass is 10.0. The van der Waals surface area contributed by atoms with E-state index in [1.165, 1.54) is 43.6 Å². The predicted octanol–water partition coefficient (Wildman–Crippen LogP) is 4.68. The van der Waals surface area contributed by atoms with Crippen LogP contribution in [0, 0.1) is 5.82 Å². The van der Waals surface area contributed by atoms with Crippen LogP contribution in [0.2, 0.25) is 0 Å². The van der Waals surface area contributed by atoms with Crippen molar-refractivity contribution in [3.05, 3.63) is 53.6 Å². The summed E-state index contributed by atoms with van der Waals surface area (Å²) in [6.07, 6.45) is 4.09. The van der Waals surface area contributed by atoms with Gasteiger partial charge in [0.1, 0.15) is 11.4 Å². The average molecular weight is 594 g/mol. The molecule has 0 saturated carbocycles. The molecule has 2 aromatic rings.